The average Bonchev–Trinajstić information content (AvgIpc) is 2.46. The van der Waals surface area contributed by atoms with E-state index in [1.807, 2.05) is 38.1 Å². The average molecular weight is 303 g/mol. The topological polar surface area (TPSA) is 66.4 Å². The van der Waals surface area contributed by atoms with Crippen molar-refractivity contribution < 1.29 is 14.7 Å². The van der Waals surface area contributed by atoms with Crippen molar-refractivity contribution in [3.05, 3.63) is 35.4 Å². The van der Waals surface area contributed by atoms with Crippen molar-refractivity contribution in [1.82, 2.24) is 5.32 Å². The summed E-state index contributed by atoms with van der Waals surface area (Å²) in [5, 5.41) is 12.4. The molecule has 0 radical (unpaired) electrons. The first-order valence-corrected chi connectivity index (χ1v) is 8.01. The summed E-state index contributed by atoms with van der Waals surface area (Å²) in [6, 6.07) is 8.03. The van der Waals surface area contributed by atoms with Gasteiger partial charge in [-0.25, -0.2) is 0 Å². The second-order valence-corrected chi connectivity index (χ2v) is 6.53. The number of carboxylic acid groups (broad SMARTS) is 1. The molecule has 1 aromatic rings. The zero-order chi connectivity index (χ0) is 16.2. The van der Waals surface area contributed by atoms with E-state index in [1.165, 1.54) is 11.1 Å². The van der Waals surface area contributed by atoms with Crippen molar-refractivity contribution in [1.29, 1.82) is 0 Å². The van der Waals surface area contributed by atoms with Gasteiger partial charge < -0.3 is 10.4 Å². The molecule has 0 aromatic heterocycles. The largest absolute Gasteiger partial charge is 0.481 e. The van der Waals surface area contributed by atoms with Crippen LogP contribution in [0.2, 0.25) is 0 Å². The molecule has 0 heterocycles. The van der Waals surface area contributed by atoms with Crippen molar-refractivity contribution in [2.45, 2.75) is 57.9 Å². The smallest absolute Gasteiger partial charge is 0.308 e. The highest BCUT2D eigenvalue weighted by Gasteiger charge is 2.41. The number of nitrogens with one attached hydrogen (secondary N) is 1. The minimum absolute atomic E-state index is 0.0566. The molecule has 1 aliphatic carbocycles. The van der Waals surface area contributed by atoms with Gasteiger partial charge in [0.1, 0.15) is 0 Å². The van der Waals surface area contributed by atoms with E-state index in [-0.39, 0.29) is 5.91 Å². The summed E-state index contributed by atoms with van der Waals surface area (Å²) in [5.41, 5.74) is 1.73. The van der Waals surface area contributed by atoms with E-state index in [2.05, 4.69) is 5.32 Å². The number of amides is 1. The lowest BCUT2D eigenvalue weighted by Gasteiger charge is -2.39. The summed E-state index contributed by atoms with van der Waals surface area (Å²) in [7, 11) is 0. The van der Waals surface area contributed by atoms with Crippen LogP contribution in [0.3, 0.4) is 0 Å². The molecular formula is C18H25NO3. The SMILES string of the molecule is Cc1ccccc1CCC(=O)NC1(C)CCCCC1C(=O)O. The van der Waals surface area contributed by atoms with E-state index < -0.39 is 17.4 Å². The van der Waals surface area contributed by atoms with Crippen molar-refractivity contribution in [2.24, 2.45) is 5.92 Å². The Labute approximate surface area is 131 Å². The summed E-state index contributed by atoms with van der Waals surface area (Å²) in [4.78, 5) is 23.7. The molecule has 1 amide bonds. The molecule has 0 saturated heterocycles. The molecule has 2 rings (SSSR count). The molecule has 0 bridgehead atoms. The Morgan fingerprint density at radius 1 is 1.32 bits per heavy atom. The molecule has 1 saturated carbocycles. The maximum atomic E-state index is 12.3. The second-order valence-electron chi connectivity index (χ2n) is 6.53. The van der Waals surface area contributed by atoms with Crippen LogP contribution in [0.5, 0.6) is 0 Å². The fourth-order valence-electron chi connectivity index (χ4n) is 3.40. The highest BCUT2D eigenvalue weighted by Crippen LogP contribution is 2.34. The molecule has 4 heteroatoms. The first kappa shape index (κ1) is 16.5. The zero-order valence-electron chi connectivity index (χ0n) is 13.4. The minimum Gasteiger partial charge on any atom is -0.481 e. The predicted octanol–water partition coefficient (Wildman–Crippen LogP) is 3.08. The lowest BCUT2D eigenvalue weighted by atomic mass is 9.74. The molecule has 2 atom stereocenters. The highest BCUT2D eigenvalue weighted by molar-refractivity contribution is 5.79. The lowest BCUT2D eigenvalue weighted by Crippen LogP contribution is -2.55. The van der Waals surface area contributed by atoms with E-state index in [9.17, 15) is 14.7 Å². The Morgan fingerprint density at radius 3 is 2.73 bits per heavy atom. The van der Waals surface area contributed by atoms with Gasteiger partial charge in [0.15, 0.2) is 0 Å². The highest BCUT2D eigenvalue weighted by atomic mass is 16.4. The molecule has 2 N–H and O–H groups in total. The molecule has 1 fully saturated rings. The molecule has 1 aromatic carbocycles. The van der Waals surface area contributed by atoms with Gasteiger partial charge in [-0.05, 0) is 44.2 Å². The van der Waals surface area contributed by atoms with Crippen molar-refractivity contribution >= 4 is 11.9 Å². The number of hydrogen-bond donors (Lipinski definition) is 2. The number of aliphatic carboxylic acids is 1. The molecule has 22 heavy (non-hydrogen) atoms. The first-order chi connectivity index (χ1) is 10.4. The molecule has 2 unspecified atom stereocenters. The zero-order valence-corrected chi connectivity index (χ0v) is 13.4. The number of benzene rings is 1. The van der Waals surface area contributed by atoms with Gasteiger partial charge >= 0.3 is 5.97 Å². The third-order valence-electron chi connectivity index (χ3n) is 4.81. The van der Waals surface area contributed by atoms with E-state index in [0.29, 0.717) is 19.3 Å². The van der Waals surface area contributed by atoms with Gasteiger partial charge in [-0.2, -0.15) is 0 Å². The summed E-state index contributed by atoms with van der Waals surface area (Å²) in [6.45, 7) is 3.91. The quantitative estimate of drug-likeness (QED) is 0.878. The third kappa shape index (κ3) is 3.87. The van der Waals surface area contributed by atoms with Crippen molar-refractivity contribution in [3.63, 3.8) is 0 Å². The maximum Gasteiger partial charge on any atom is 0.308 e. The van der Waals surface area contributed by atoms with E-state index in [1.54, 1.807) is 0 Å². The van der Waals surface area contributed by atoms with Crippen LogP contribution in [-0.4, -0.2) is 22.5 Å². The van der Waals surface area contributed by atoms with Gasteiger partial charge in [0.2, 0.25) is 5.91 Å². The summed E-state index contributed by atoms with van der Waals surface area (Å²) >= 11 is 0. The van der Waals surface area contributed by atoms with Crippen LogP contribution in [0, 0.1) is 12.8 Å². The summed E-state index contributed by atoms with van der Waals surface area (Å²) < 4.78 is 0. The van der Waals surface area contributed by atoms with E-state index in [0.717, 1.165) is 19.3 Å². The fourth-order valence-corrected chi connectivity index (χ4v) is 3.40. The minimum atomic E-state index is -0.804. The van der Waals surface area contributed by atoms with E-state index >= 15 is 0 Å². The number of hydrogen-bond acceptors (Lipinski definition) is 2. The molecule has 4 nitrogen and oxygen atoms in total. The molecule has 120 valence electrons. The van der Waals surface area contributed by atoms with Gasteiger partial charge in [0.25, 0.3) is 0 Å². The second kappa shape index (κ2) is 6.95. The monoisotopic (exact) mass is 303 g/mol. The van der Waals surface area contributed by atoms with Crippen LogP contribution in [0.25, 0.3) is 0 Å². The lowest BCUT2D eigenvalue weighted by molar-refractivity contribution is -0.146. The fraction of sp³-hybridized carbons (Fsp3) is 0.556. The normalized spacial score (nSPS) is 24.7. The Hall–Kier alpha value is -1.84. The van der Waals surface area contributed by atoms with Crippen LogP contribution < -0.4 is 5.32 Å². The molecule has 0 aliphatic heterocycles. The number of rotatable bonds is 5. The van der Waals surface area contributed by atoms with Gasteiger partial charge in [0.05, 0.1) is 11.5 Å². The van der Waals surface area contributed by atoms with Gasteiger partial charge in [0, 0.05) is 6.42 Å². The van der Waals surface area contributed by atoms with Crippen LogP contribution in [0.15, 0.2) is 24.3 Å². The first-order valence-electron chi connectivity index (χ1n) is 8.01. The third-order valence-corrected chi connectivity index (χ3v) is 4.81. The maximum absolute atomic E-state index is 12.3. The molecule has 1 aliphatic rings. The van der Waals surface area contributed by atoms with Crippen molar-refractivity contribution in [2.75, 3.05) is 0 Å². The number of carbonyl (C=O) groups is 2. The summed E-state index contributed by atoms with van der Waals surface area (Å²) in [6.07, 6.45) is 4.35. The van der Waals surface area contributed by atoms with Crippen LogP contribution >= 0.6 is 0 Å². The number of carbonyl (C=O) groups excluding carboxylic acids is 1. The van der Waals surface area contributed by atoms with E-state index in [4.69, 9.17) is 0 Å². The van der Waals surface area contributed by atoms with Gasteiger partial charge in [-0.1, -0.05) is 37.1 Å². The van der Waals surface area contributed by atoms with Crippen LogP contribution in [0.4, 0.5) is 0 Å². The number of carboxylic acids is 1. The standard InChI is InChI=1S/C18H25NO3/c1-13-7-3-4-8-14(13)10-11-16(20)19-18(2)12-6-5-9-15(18)17(21)22/h3-4,7-8,15H,5-6,9-12H2,1-2H3,(H,19,20)(H,21,22). The Kier molecular flexibility index (Phi) is 5.22. The van der Waals surface area contributed by atoms with Gasteiger partial charge in [-0.3, -0.25) is 9.59 Å². The molecular weight excluding hydrogens is 278 g/mol. The predicted molar refractivity (Wildman–Crippen MR) is 85.6 cm³/mol. The van der Waals surface area contributed by atoms with Crippen LogP contribution in [-0.2, 0) is 16.0 Å². The van der Waals surface area contributed by atoms with Crippen molar-refractivity contribution in [3.8, 4) is 0 Å². The Morgan fingerprint density at radius 2 is 2.05 bits per heavy atom. The van der Waals surface area contributed by atoms with Gasteiger partial charge in [-0.15, -0.1) is 0 Å². The Bertz CT molecular complexity index is 555. The number of aryl methyl sites for hydroxylation is 2. The summed E-state index contributed by atoms with van der Waals surface area (Å²) in [5.74, 6) is -1.34. The molecule has 0 spiro atoms. The van der Waals surface area contributed by atoms with Crippen LogP contribution in [0.1, 0.15) is 50.2 Å². The Balaban J connectivity index is 1.95.